The minimum atomic E-state index is -0.491. The minimum Gasteiger partial charge on any atom is -0.487 e. The molecule has 0 saturated carbocycles. The molecular weight excluding hydrogens is 274 g/mol. The molecule has 0 saturated heterocycles. The summed E-state index contributed by atoms with van der Waals surface area (Å²) in [5.74, 6) is -0.473. The number of hydrogen-bond acceptors (Lipinski definition) is 3. The quantitative estimate of drug-likeness (QED) is 0.889. The van der Waals surface area contributed by atoms with Crippen molar-refractivity contribution in [3.63, 3.8) is 0 Å². The summed E-state index contributed by atoms with van der Waals surface area (Å²) in [6.07, 6.45) is 3.16. The lowest BCUT2D eigenvalue weighted by Crippen LogP contribution is -2.21. The van der Waals surface area contributed by atoms with Crippen molar-refractivity contribution in [1.29, 1.82) is 0 Å². The van der Waals surface area contributed by atoms with Gasteiger partial charge in [0, 0.05) is 23.7 Å². The number of ether oxygens (including phenoxy) is 1. The van der Waals surface area contributed by atoms with Gasteiger partial charge in [0.15, 0.2) is 0 Å². The second-order valence-corrected chi connectivity index (χ2v) is 4.88. The average Bonchev–Trinajstić information content (AvgIpc) is 2.49. The van der Waals surface area contributed by atoms with Gasteiger partial charge in [-0.2, -0.15) is 0 Å². The maximum Gasteiger partial charge on any atom is 0.138 e. The first-order chi connectivity index (χ1) is 10.1. The maximum atomic E-state index is 13.4. The van der Waals surface area contributed by atoms with E-state index in [4.69, 9.17) is 10.5 Å². The van der Waals surface area contributed by atoms with Crippen LogP contribution in [0, 0.1) is 11.6 Å². The molecule has 3 nitrogen and oxygen atoms in total. The van der Waals surface area contributed by atoms with Gasteiger partial charge in [-0.15, -0.1) is 0 Å². The fraction of sp³-hybridized carbons (Fsp3) is 0.312. The molecule has 0 radical (unpaired) electrons. The fourth-order valence-electron chi connectivity index (χ4n) is 1.85. The van der Waals surface area contributed by atoms with Gasteiger partial charge in [-0.1, -0.05) is 6.92 Å². The van der Waals surface area contributed by atoms with Crippen molar-refractivity contribution in [2.45, 2.75) is 32.4 Å². The Bertz CT molecular complexity index is 587. The Balaban J connectivity index is 1.96. The molecular formula is C16H18F2N2O. The standard InChI is InChI=1S/C16H18F2N2O/c1-2-13(19)8-14-4-5-15(9-20-14)21-10-11-7-12(17)3-6-16(11)18/h3-7,9,13H,2,8,10,19H2,1H3. The van der Waals surface area contributed by atoms with Crippen LogP contribution in [0.3, 0.4) is 0 Å². The molecule has 0 fully saturated rings. The Kier molecular flexibility index (Phi) is 5.22. The molecule has 2 aromatic rings. The van der Waals surface area contributed by atoms with Gasteiger partial charge in [-0.05, 0) is 36.8 Å². The van der Waals surface area contributed by atoms with Gasteiger partial charge in [-0.25, -0.2) is 8.78 Å². The van der Waals surface area contributed by atoms with E-state index in [0.717, 1.165) is 30.3 Å². The average molecular weight is 292 g/mol. The summed E-state index contributed by atoms with van der Waals surface area (Å²) in [5, 5.41) is 0. The summed E-state index contributed by atoms with van der Waals surface area (Å²) >= 11 is 0. The van der Waals surface area contributed by atoms with E-state index >= 15 is 0 Å². The van der Waals surface area contributed by atoms with Gasteiger partial charge in [-0.3, -0.25) is 4.98 Å². The molecule has 0 aliphatic carbocycles. The topological polar surface area (TPSA) is 48.1 Å². The van der Waals surface area contributed by atoms with Gasteiger partial charge >= 0.3 is 0 Å². The molecule has 2 N–H and O–H groups in total. The van der Waals surface area contributed by atoms with Crippen LogP contribution >= 0.6 is 0 Å². The molecule has 1 heterocycles. The number of aromatic nitrogens is 1. The van der Waals surface area contributed by atoms with E-state index in [2.05, 4.69) is 4.98 Å². The van der Waals surface area contributed by atoms with E-state index in [1.165, 1.54) is 0 Å². The van der Waals surface area contributed by atoms with Gasteiger partial charge in [0.05, 0.1) is 6.20 Å². The van der Waals surface area contributed by atoms with Crippen molar-refractivity contribution in [1.82, 2.24) is 4.98 Å². The summed E-state index contributed by atoms with van der Waals surface area (Å²) < 4.78 is 31.9. The lowest BCUT2D eigenvalue weighted by atomic mass is 10.1. The van der Waals surface area contributed by atoms with Crippen LogP contribution in [0.25, 0.3) is 0 Å². The van der Waals surface area contributed by atoms with Crippen molar-refractivity contribution in [2.24, 2.45) is 5.73 Å². The van der Waals surface area contributed by atoms with Crippen molar-refractivity contribution >= 4 is 0 Å². The normalized spacial score (nSPS) is 12.2. The number of nitrogens with zero attached hydrogens (tertiary/aromatic N) is 1. The van der Waals surface area contributed by atoms with Crippen molar-refractivity contribution in [3.8, 4) is 5.75 Å². The molecule has 1 aromatic carbocycles. The zero-order valence-electron chi connectivity index (χ0n) is 11.9. The highest BCUT2D eigenvalue weighted by Gasteiger charge is 2.06. The lowest BCUT2D eigenvalue weighted by Gasteiger charge is -2.10. The number of benzene rings is 1. The highest BCUT2D eigenvalue weighted by Crippen LogP contribution is 2.15. The second kappa shape index (κ2) is 7.13. The van der Waals surface area contributed by atoms with Crippen LogP contribution in [-0.2, 0) is 13.0 Å². The summed E-state index contributed by atoms with van der Waals surface area (Å²) in [7, 11) is 0. The summed E-state index contributed by atoms with van der Waals surface area (Å²) in [6, 6.07) is 6.95. The summed E-state index contributed by atoms with van der Waals surface area (Å²) in [6.45, 7) is 1.98. The number of nitrogens with two attached hydrogens (primary N) is 1. The number of pyridine rings is 1. The van der Waals surface area contributed by atoms with E-state index in [-0.39, 0.29) is 18.2 Å². The molecule has 1 aromatic heterocycles. The predicted molar refractivity (Wildman–Crippen MR) is 76.9 cm³/mol. The molecule has 1 unspecified atom stereocenters. The van der Waals surface area contributed by atoms with Gasteiger partial charge in [0.1, 0.15) is 24.0 Å². The van der Waals surface area contributed by atoms with Crippen LogP contribution < -0.4 is 10.5 Å². The summed E-state index contributed by atoms with van der Waals surface area (Å²) in [5.41, 5.74) is 6.92. The first-order valence-electron chi connectivity index (χ1n) is 6.85. The van der Waals surface area contributed by atoms with E-state index in [1.54, 1.807) is 12.3 Å². The van der Waals surface area contributed by atoms with Crippen LogP contribution in [0.5, 0.6) is 5.75 Å². The Hall–Kier alpha value is -2.01. The Morgan fingerprint density at radius 3 is 2.71 bits per heavy atom. The van der Waals surface area contributed by atoms with E-state index < -0.39 is 11.6 Å². The van der Waals surface area contributed by atoms with E-state index in [9.17, 15) is 8.78 Å². The molecule has 0 aliphatic heterocycles. The number of hydrogen-bond donors (Lipinski definition) is 1. The summed E-state index contributed by atoms with van der Waals surface area (Å²) in [4.78, 5) is 4.25. The van der Waals surface area contributed by atoms with Crippen LogP contribution in [0.2, 0.25) is 0 Å². The SMILES string of the molecule is CCC(N)Cc1ccc(OCc2cc(F)ccc2F)cn1. The Labute approximate surface area is 122 Å². The third kappa shape index (κ3) is 4.49. The van der Waals surface area contributed by atoms with E-state index in [0.29, 0.717) is 12.2 Å². The molecule has 0 spiro atoms. The van der Waals surface area contributed by atoms with Crippen LogP contribution in [0.15, 0.2) is 36.5 Å². The minimum absolute atomic E-state index is 0.0426. The first kappa shape index (κ1) is 15.4. The molecule has 5 heteroatoms. The number of halogens is 2. The highest BCUT2D eigenvalue weighted by atomic mass is 19.1. The molecule has 0 amide bonds. The second-order valence-electron chi connectivity index (χ2n) is 4.88. The highest BCUT2D eigenvalue weighted by molar-refractivity contribution is 5.22. The van der Waals surface area contributed by atoms with Crippen LogP contribution in [0.4, 0.5) is 8.78 Å². The molecule has 0 aliphatic rings. The third-order valence-corrected chi connectivity index (χ3v) is 3.20. The zero-order chi connectivity index (χ0) is 15.2. The monoisotopic (exact) mass is 292 g/mol. The van der Waals surface area contributed by atoms with Crippen LogP contribution in [0.1, 0.15) is 24.6 Å². The predicted octanol–water partition coefficient (Wildman–Crippen LogP) is 3.22. The molecule has 0 bridgehead atoms. The van der Waals surface area contributed by atoms with Gasteiger partial charge in [0.2, 0.25) is 0 Å². The van der Waals surface area contributed by atoms with Crippen LogP contribution in [-0.4, -0.2) is 11.0 Å². The molecule has 112 valence electrons. The van der Waals surface area contributed by atoms with E-state index in [1.807, 2.05) is 13.0 Å². The molecule has 21 heavy (non-hydrogen) atoms. The van der Waals surface area contributed by atoms with Crippen molar-refractivity contribution in [2.75, 3.05) is 0 Å². The smallest absolute Gasteiger partial charge is 0.138 e. The first-order valence-corrected chi connectivity index (χ1v) is 6.85. The molecule has 2 rings (SSSR count). The Morgan fingerprint density at radius 1 is 1.24 bits per heavy atom. The maximum absolute atomic E-state index is 13.4. The lowest BCUT2D eigenvalue weighted by molar-refractivity contribution is 0.297. The van der Waals surface area contributed by atoms with Gasteiger partial charge < -0.3 is 10.5 Å². The molecule has 1 atom stereocenters. The zero-order valence-corrected chi connectivity index (χ0v) is 11.9. The van der Waals surface area contributed by atoms with Gasteiger partial charge in [0.25, 0.3) is 0 Å². The van der Waals surface area contributed by atoms with Crippen molar-refractivity contribution < 1.29 is 13.5 Å². The Morgan fingerprint density at radius 2 is 2.05 bits per heavy atom. The third-order valence-electron chi connectivity index (χ3n) is 3.20. The number of rotatable bonds is 6. The fourth-order valence-corrected chi connectivity index (χ4v) is 1.85. The van der Waals surface area contributed by atoms with Crippen molar-refractivity contribution in [3.05, 3.63) is 59.4 Å². The largest absolute Gasteiger partial charge is 0.487 e.